The molecule has 2 aromatic rings. The molecule has 0 aliphatic carbocycles. The van der Waals surface area contributed by atoms with Crippen molar-refractivity contribution in [1.82, 2.24) is 20.2 Å². The maximum Gasteiger partial charge on any atom is 0.230 e. The first kappa shape index (κ1) is 23.6. The fraction of sp³-hybridized carbons (Fsp3) is 0.435. The van der Waals surface area contributed by atoms with Crippen LogP contribution in [0.5, 0.6) is 0 Å². The van der Waals surface area contributed by atoms with Gasteiger partial charge in [-0.15, -0.1) is 0 Å². The van der Waals surface area contributed by atoms with E-state index >= 15 is 0 Å². The molecule has 1 aliphatic rings. The number of hydrogen-bond donors (Lipinski definition) is 1. The second kappa shape index (κ2) is 12.1. The molecule has 1 unspecified atom stereocenters. The Labute approximate surface area is 194 Å². The number of benzene rings is 1. The average Bonchev–Trinajstić information content (AvgIpc) is 2.78. The number of amides is 1. The zero-order valence-corrected chi connectivity index (χ0v) is 19.7. The second-order valence-corrected chi connectivity index (χ2v) is 8.93. The average molecular weight is 460 g/mol. The van der Waals surface area contributed by atoms with Crippen LogP contribution in [0.1, 0.15) is 25.8 Å². The number of carbonyl (C=O) groups is 1. The van der Waals surface area contributed by atoms with Gasteiger partial charge in [-0.3, -0.25) is 9.69 Å². The van der Waals surface area contributed by atoms with E-state index in [-0.39, 0.29) is 17.7 Å². The Morgan fingerprint density at radius 1 is 1.23 bits per heavy atom. The highest BCUT2D eigenvalue weighted by molar-refractivity contribution is 7.99. The van der Waals surface area contributed by atoms with Crippen molar-refractivity contribution in [3.8, 4) is 0 Å². The number of halogens is 1. The minimum Gasteiger partial charge on any atom is -0.354 e. The van der Waals surface area contributed by atoms with Crippen LogP contribution >= 0.6 is 23.4 Å². The van der Waals surface area contributed by atoms with Gasteiger partial charge in [0, 0.05) is 44.8 Å². The van der Waals surface area contributed by atoms with E-state index in [4.69, 9.17) is 11.6 Å². The quantitative estimate of drug-likeness (QED) is 0.348. The maximum absolute atomic E-state index is 12.0. The molecule has 2 heterocycles. The van der Waals surface area contributed by atoms with Crippen LogP contribution in [-0.4, -0.2) is 65.3 Å². The van der Waals surface area contributed by atoms with Crippen LogP contribution in [0.2, 0.25) is 5.15 Å². The van der Waals surface area contributed by atoms with Crippen LogP contribution in [0.25, 0.3) is 6.08 Å². The summed E-state index contributed by atoms with van der Waals surface area (Å²) in [4.78, 5) is 25.6. The van der Waals surface area contributed by atoms with Crippen LogP contribution in [-0.2, 0) is 4.79 Å². The molecule has 1 aliphatic heterocycles. The monoisotopic (exact) mass is 459 g/mol. The minimum atomic E-state index is -0.0124. The lowest BCUT2D eigenvalue weighted by Crippen LogP contribution is -2.46. The predicted octanol–water partition coefficient (Wildman–Crippen LogP) is 3.97. The molecule has 1 aromatic heterocycles. The van der Waals surface area contributed by atoms with Gasteiger partial charge in [-0.1, -0.05) is 72.8 Å². The van der Waals surface area contributed by atoms with Gasteiger partial charge in [0.25, 0.3) is 0 Å². The Balaban J connectivity index is 1.49. The third-order valence-electron chi connectivity index (χ3n) is 5.18. The molecule has 0 saturated carbocycles. The van der Waals surface area contributed by atoms with Gasteiger partial charge in [0.1, 0.15) is 11.0 Å². The van der Waals surface area contributed by atoms with Gasteiger partial charge in [-0.25, -0.2) is 9.97 Å². The Morgan fingerprint density at radius 2 is 1.97 bits per heavy atom. The van der Waals surface area contributed by atoms with Gasteiger partial charge in [0.05, 0.1) is 5.75 Å². The van der Waals surface area contributed by atoms with Gasteiger partial charge in [-0.2, -0.15) is 0 Å². The van der Waals surface area contributed by atoms with E-state index in [0.717, 1.165) is 45.0 Å². The predicted molar refractivity (Wildman–Crippen MR) is 130 cm³/mol. The van der Waals surface area contributed by atoms with Crippen LogP contribution in [0.4, 0.5) is 5.82 Å². The molecule has 6 nitrogen and oxygen atoms in total. The summed E-state index contributed by atoms with van der Waals surface area (Å²) in [7, 11) is 0. The normalized spacial score (nSPS) is 15.9. The van der Waals surface area contributed by atoms with Gasteiger partial charge in [0.2, 0.25) is 5.91 Å². The first-order chi connectivity index (χ1) is 15.0. The van der Waals surface area contributed by atoms with Crippen molar-refractivity contribution in [2.24, 2.45) is 0 Å². The number of rotatable bonds is 9. The fourth-order valence-electron chi connectivity index (χ4n) is 3.22. The molecule has 166 valence electrons. The molecule has 1 aromatic carbocycles. The number of piperazine rings is 1. The Bertz CT molecular complexity index is 872. The van der Waals surface area contributed by atoms with E-state index in [9.17, 15) is 4.79 Å². The van der Waals surface area contributed by atoms with Crippen molar-refractivity contribution in [2.45, 2.75) is 31.5 Å². The topological polar surface area (TPSA) is 61.4 Å². The van der Waals surface area contributed by atoms with E-state index in [1.54, 1.807) is 6.07 Å². The SMILES string of the molecule is CCC(C)NC(=O)CSc1nc(Cl)cc(N2CCN(CC=Cc3ccccc3)CC2)n1. The molecule has 3 rings (SSSR count). The maximum atomic E-state index is 12.0. The molecule has 0 bridgehead atoms. The highest BCUT2D eigenvalue weighted by Gasteiger charge is 2.19. The summed E-state index contributed by atoms with van der Waals surface area (Å²) >= 11 is 7.55. The Morgan fingerprint density at radius 3 is 2.68 bits per heavy atom. The van der Waals surface area contributed by atoms with Crippen molar-refractivity contribution < 1.29 is 4.79 Å². The number of thioether (sulfide) groups is 1. The molecular formula is C23H30ClN5OS. The summed E-state index contributed by atoms with van der Waals surface area (Å²) in [6, 6.07) is 12.3. The van der Waals surface area contributed by atoms with Gasteiger partial charge in [0.15, 0.2) is 5.16 Å². The number of nitrogens with zero attached hydrogens (tertiary/aromatic N) is 4. The molecule has 0 spiro atoms. The number of anilines is 1. The molecule has 8 heteroatoms. The summed E-state index contributed by atoms with van der Waals surface area (Å²) in [5, 5.41) is 3.90. The molecule has 1 saturated heterocycles. The molecule has 1 atom stereocenters. The van der Waals surface area contributed by atoms with E-state index in [1.165, 1.54) is 17.3 Å². The third kappa shape index (κ3) is 7.83. The van der Waals surface area contributed by atoms with Crippen molar-refractivity contribution in [1.29, 1.82) is 0 Å². The molecule has 31 heavy (non-hydrogen) atoms. The number of nitrogens with one attached hydrogen (secondary N) is 1. The van der Waals surface area contributed by atoms with E-state index in [2.05, 4.69) is 61.5 Å². The van der Waals surface area contributed by atoms with Crippen LogP contribution in [0.15, 0.2) is 47.6 Å². The Hall–Kier alpha value is -2.09. The second-order valence-electron chi connectivity index (χ2n) is 7.60. The summed E-state index contributed by atoms with van der Waals surface area (Å²) < 4.78 is 0. The molecule has 1 fully saturated rings. The lowest BCUT2D eigenvalue weighted by atomic mass is 10.2. The van der Waals surface area contributed by atoms with Crippen LogP contribution in [0, 0.1) is 0 Å². The summed E-state index contributed by atoms with van der Waals surface area (Å²) in [5.41, 5.74) is 1.22. The smallest absolute Gasteiger partial charge is 0.230 e. The van der Waals surface area contributed by atoms with Crippen molar-refractivity contribution in [3.05, 3.63) is 53.2 Å². The van der Waals surface area contributed by atoms with Crippen molar-refractivity contribution >= 4 is 41.2 Å². The summed E-state index contributed by atoms with van der Waals surface area (Å²) in [6.07, 6.45) is 5.28. The molecule has 0 radical (unpaired) electrons. The van der Waals surface area contributed by atoms with Crippen molar-refractivity contribution in [2.75, 3.05) is 43.4 Å². The first-order valence-corrected chi connectivity index (χ1v) is 12.1. The summed E-state index contributed by atoms with van der Waals surface area (Å²) in [5.74, 6) is 1.09. The number of hydrogen-bond acceptors (Lipinski definition) is 6. The van der Waals surface area contributed by atoms with Gasteiger partial charge in [-0.05, 0) is 18.9 Å². The molecule has 1 amide bonds. The summed E-state index contributed by atoms with van der Waals surface area (Å²) in [6.45, 7) is 8.65. The van der Waals surface area contributed by atoms with E-state index < -0.39 is 0 Å². The largest absolute Gasteiger partial charge is 0.354 e. The standard InChI is InChI=1S/C23H30ClN5OS/c1-3-18(2)25-22(30)17-31-23-26-20(24)16-21(27-23)29-14-12-28(13-15-29)11-7-10-19-8-5-4-6-9-19/h4-10,16,18H,3,11-15,17H2,1-2H3,(H,25,30). The highest BCUT2D eigenvalue weighted by atomic mass is 35.5. The minimum absolute atomic E-state index is 0.0124. The highest BCUT2D eigenvalue weighted by Crippen LogP contribution is 2.23. The molecular weight excluding hydrogens is 430 g/mol. The fourth-order valence-corrected chi connectivity index (χ4v) is 4.11. The zero-order chi connectivity index (χ0) is 22.1. The van der Waals surface area contributed by atoms with E-state index in [1.807, 2.05) is 19.9 Å². The lowest BCUT2D eigenvalue weighted by Gasteiger charge is -2.35. The number of aromatic nitrogens is 2. The zero-order valence-electron chi connectivity index (χ0n) is 18.1. The molecule has 1 N–H and O–H groups in total. The van der Waals surface area contributed by atoms with Crippen LogP contribution in [0.3, 0.4) is 0 Å². The van der Waals surface area contributed by atoms with Crippen molar-refractivity contribution in [3.63, 3.8) is 0 Å². The van der Waals surface area contributed by atoms with Crippen LogP contribution < -0.4 is 10.2 Å². The number of carbonyl (C=O) groups excluding carboxylic acids is 1. The third-order valence-corrected chi connectivity index (χ3v) is 6.22. The van der Waals surface area contributed by atoms with Gasteiger partial charge < -0.3 is 10.2 Å². The van der Waals surface area contributed by atoms with Gasteiger partial charge >= 0.3 is 0 Å². The van der Waals surface area contributed by atoms with E-state index in [0.29, 0.717) is 10.3 Å². The lowest BCUT2D eigenvalue weighted by molar-refractivity contribution is -0.119. The Kier molecular flexibility index (Phi) is 9.18. The first-order valence-electron chi connectivity index (χ1n) is 10.7.